The van der Waals surface area contributed by atoms with Gasteiger partial charge in [-0.3, -0.25) is 0 Å². The second-order valence-electron chi connectivity index (χ2n) is 4.35. The standard InChI is InChI=1S/C11H16N4O/c16-9-2-1-8-10(9)13-7-14-11(8)15-5-3-12-4-6-15/h7,9,12,16H,1-6H2. The minimum atomic E-state index is -0.389. The first-order valence-electron chi connectivity index (χ1n) is 5.84. The van der Waals surface area contributed by atoms with Gasteiger partial charge in [0.1, 0.15) is 12.1 Å². The fourth-order valence-electron chi connectivity index (χ4n) is 2.51. The minimum Gasteiger partial charge on any atom is -0.387 e. The zero-order valence-corrected chi connectivity index (χ0v) is 9.19. The number of hydrogen-bond acceptors (Lipinski definition) is 5. The molecule has 0 saturated carbocycles. The van der Waals surface area contributed by atoms with Crippen LogP contribution in [0.3, 0.4) is 0 Å². The largest absolute Gasteiger partial charge is 0.387 e. The molecular weight excluding hydrogens is 204 g/mol. The average Bonchev–Trinajstić information content (AvgIpc) is 2.73. The van der Waals surface area contributed by atoms with E-state index in [-0.39, 0.29) is 6.10 Å². The van der Waals surface area contributed by atoms with E-state index >= 15 is 0 Å². The number of nitrogens with zero attached hydrogens (tertiary/aromatic N) is 3. The van der Waals surface area contributed by atoms with E-state index in [0.717, 1.165) is 56.1 Å². The molecule has 1 aliphatic carbocycles. The SMILES string of the molecule is OC1CCc2c1ncnc2N1CCNCC1. The Morgan fingerprint density at radius 1 is 1.31 bits per heavy atom. The van der Waals surface area contributed by atoms with Crippen molar-refractivity contribution in [3.8, 4) is 0 Å². The molecule has 1 aliphatic heterocycles. The van der Waals surface area contributed by atoms with E-state index in [0.29, 0.717) is 0 Å². The summed E-state index contributed by atoms with van der Waals surface area (Å²) in [5.74, 6) is 1.03. The molecule has 2 heterocycles. The van der Waals surface area contributed by atoms with Crippen LogP contribution in [-0.2, 0) is 6.42 Å². The van der Waals surface area contributed by atoms with Crippen LogP contribution in [0.4, 0.5) is 5.82 Å². The highest BCUT2D eigenvalue weighted by atomic mass is 16.3. The van der Waals surface area contributed by atoms with Gasteiger partial charge in [0, 0.05) is 31.7 Å². The summed E-state index contributed by atoms with van der Waals surface area (Å²) in [6, 6.07) is 0. The van der Waals surface area contributed by atoms with Gasteiger partial charge in [-0.2, -0.15) is 0 Å². The summed E-state index contributed by atoms with van der Waals surface area (Å²) in [5.41, 5.74) is 1.99. The van der Waals surface area contributed by atoms with E-state index in [1.807, 2.05) is 0 Å². The van der Waals surface area contributed by atoms with Gasteiger partial charge in [-0.1, -0.05) is 0 Å². The number of aromatic nitrogens is 2. The molecule has 1 aromatic rings. The lowest BCUT2D eigenvalue weighted by Gasteiger charge is -2.29. The molecule has 1 fully saturated rings. The smallest absolute Gasteiger partial charge is 0.135 e. The molecule has 86 valence electrons. The molecule has 1 unspecified atom stereocenters. The van der Waals surface area contributed by atoms with Crippen molar-refractivity contribution in [2.75, 3.05) is 31.1 Å². The van der Waals surface area contributed by atoms with Gasteiger partial charge >= 0.3 is 0 Å². The zero-order chi connectivity index (χ0) is 11.0. The summed E-state index contributed by atoms with van der Waals surface area (Å²) in [6.45, 7) is 3.97. The average molecular weight is 220 g/mol. The number of hydrogen-bond donors (Lipinski definition) is 2. The number of piperazine rings is 1. The molecule has 1 aromatic heterocycles. The molecule has 5 heteroatoms. The van der Waals surface area contributed by atoms with Gasteiger partial charge in [0.25, 0.3) is 0 Å². The van der Waals surface area contributed by atoms with Crippen molar-refractivity contribution < 1.29 is 5.11 Å². The van der Waals surface area contributed by atoms with Gasteiger partial charge < -0.3 is 15.3 Å². The lowest BCUT2D eigenvalue weighted by molar-refractivity contribution is 0.175. The van der Waals surface area contributed by atoms with Crippen molar-refractivity contribution in [3.63, 3.8) is 0 Å². The van der Waals surface area contributed by atoms with Crippen molar-refractivity contribution in [1.29, 1.82) is 0 Å². The first-order valence-corrected chi connectivity index (χ1v) is 5.84. The lowest BCUT2D eigenvalue weighted by Crippen LogP contribution is -2.44. The van der Waals surface area contributed by atoms with Crippen LogP contribution in [0.25, 0.3) is 0 Å². The molecule has 0 spiro atoms. The lowest BCUT2D eigenvalue weighted by atomic mass is 10.2. The van der Waals surface area contributed by atoms with Crippen molar-refractivity contribution in [3.05, 3.63) is 17.6 Å². The topological polar surface area (TPSA) is 61.3 Å². The molecule has 0 aromatic carbocycles. The molecule has 3 rings (SSSR count). The molecule has 2 N–H and O–H groups in total. The van der Waals surface area contributed by atoms with Crippen LogP contribution in [-0.4, -0.2) is 41.3 Å². The highest BCUT2D eigenvalue weighted by Crippen LogP contribution is 2.34. The van der Waals surface area contributed by atoms with Crippen molar-refractivity contribution in [2.24, 2.45) is 0 Å². The third-order valence-electron chi connectivity index (χ3n) is 3.36. The van der Waals surface area contributed by atoms with E-state index in [4.69, 9.17) is 0 Å². The summed E-state index contributed by atoms with van der Waals surface area (Å²) in [6.07, 6.45) is 2.87. The number of aliphatic hydroxyl groups excluding tert-OH is 1. The van der Waals surface area contributed by atoms with Crippen LogP contribution in [0.15, 0.2) is 6.33 Å². The Morgan fingerprint density at radius 3 is 2.94 bits per heavy atom. The minimum absolute atomic E-state index is 0.389. The summed E-state index contributed by atoms with van der Waals surface area (Å²) in [5, 5.41) is 13.1. The Hall–Kier alpha value is -1.20. The van der Waals surface area contributed by atoms with Gasteiger partial charge in [0.05, 0.1) is 11.8 Å². The maximum atomic E-state index is 9.78. The van der Waals surface area contributed by atoms with Crippen LogP contribution >= 0.6 is 0 Å². The predicted octanol–water partition coefficient (Wildman–Crippen LogP) is -0.134. The fraction of sp³-hybridized carbons (Fsp3) is 0.636. The van der Waals surface area contributed by atoms with Gasteiger partial charge in [0.2, 0.25) is 0 Å². The van der Waals surface area contributed by atoms with Gasteiger partial charge in [-0.05, 0) is 12.8 Å². The second kappa shape index (κ2) is 3.99. The normalized spacial score (nSPS) is 24.6. The summed E-state index contributed by atoms with van der Waals surface area (Å²) in [7, 11) is 0. The Kier molecular flexibility index (Phi) is 2.49. The molecule has 0 radical (unpaired) electrons. The van der Waals surface area contributed by atoms with Crippen LogP contribution < -0.4 is 10.2 Å². The van der Waals surface area contributed by atoms with E-state index in [1.54, 1.807) is 6.33 Å². The molecule has 5 nitrogen and oxygen atoms in total. The quantitative estimate of drug-likeness (QED) is 0.690. The first kappa shape index (κ1) is 9.99. The molecule has 1 saturated heterocycles. The van der Waals surface area contributed by atoms with Crippen LogP contribution in [0.5, 0.6) is 0 Å². The molecule has 0 amide bonds. The fourth-order valence-corrected chi connectivity index (χ4v) is 2.51. The van der Waals surface area contributed by atoms with Crippen molar-refractivity contribution in [1.82, 2.24) is 15.3 Å². The molecular formula is C11H16N4O. The van der Waals surface area contributed by atoms with Gasteiger partial charge in [-0.15, -0.1) is 0 Å². The van der Waals surface area contributed by atoms with E-state index in [2.05, 4.69) is 20.2 Å². The summed E-state index contributed by atoms with van der Waals surface area (Å²) in [4.78, 5) is 10.9. The van der Waals surface area contributed by atoms with E-state index in [1.165, 1.54) is 0 Å². The van der Waals surface area contributed by atoms with Crippen LogP contribution in [0.1, 0.15) is 23.8 Å². The first-order chi connectivity index (χ1) is 7.86. The van der Waals surface area contributed by atoms with Gasteiger partial charge in [-0.25, -0.2) is 9.97 Å². The maximum Gasteiger partial charge on any atom is 0.135 e. The van der Waals surface area contributed by atoms with E-state index in [9.17, 15) is 5.11 Å². The maximum absolute atomic E-state index is 9.78. The van der Waals surface area contributed by atoms with Crippen LogP contribution in [0.2, 0.25) is 0 Å². The number of rotatable bonds is 1. The summed E-state index contributed by atoms with van der Waals surface area (Å²) >= 11 is 0. The molecule has 2 aliphatic rings. The molecule has 16 heavy (non-hydrogen) atoms. The number of anilines is 1. The molecule has 1 atom stereocenters. The molecule has 0 bridgehead atoms. The monoisotopic (exact) mass is 220 g/mol. The Morgan fingerprint density at radius 2 is 2.12 bits per heavy atom. The zero-order valence-electron chi connectivity index (χ0n) is 9.19. The number of aliphatic hydroxyl groups is 1. The van der Waals surface area contributed by atoms with Gasteiger partial charge in [0.15, 0.2) is 0 Å². The second-order valence-corrected chi connectivity index (χ2v) is 4.35. The summed E-state index contributed by atoms with van der Waals surface area (Å²) < 4.78 is 0. The Labute approximate surface area is 94.5 Å². The van der Waals surface area contributed by atoms with E-state index < -0.39 is 0 Å². The Bertz CT molecular complexity index is 390. The third-order valence-corrected chi connectivity index (χ3v) is 3.36. The highest BCUT2D eigenvalue weighted by molar-refractivity contribution is 5.51. The number of fused-ring (bicyclic) bond motifs is 1. The third kappa shape index (κ3) is 1.56. The van der Waals surface area contributed by atoms with Crippen LogP contribution in [0, 0.1) is 0 Å². The number of nitrogens with one attached hydrogen (secondary N) is 1. The van der Waals surface area contributed by atoms with Crippen molar-refractivity contribution >= 4 is 5.82 Å². The van der Waals surface area contributed by atoms with Crippen molar-refractivity contribution in [2.45, 2.75) is 18.9 Å². The Balaban J connectivity index is 1.95. The highest BCUT2D eigenvalue weighted by Gasteiger charge is 2.27. The predicted molar refractivity (Wildman–Crippen MR) is 60.4 cm³/mol.